The molecule has 0 aliphatic carbocycles. The van der Waals surface area contributed by atoms with Crippen LogP contribution in [0, 0.1) is 5.82 Å². The first kappa shape index (κ1) is 16.0. The normalized spacial score (nSPS) is 15.2. The van der Waals surface area contributed by atoms with Crippen molar-refractivity contribution in [1.82, 2.24) is 0 Å². The van der Waals surface area contributed by atoms with Gasteiger partial charge in [-0.15, -0.1) is 0 Å². The minimum atomic E-state index is -1.18. The lowest BCUT2D eigenvalue weighted by atomic mass is 10.1. The van der Waals surface area contributed by atoms with Gasteiger partial charge in [-0.1, -0.05) is 29.8 Å². The molecule has 0 fully saturated rings. The predicted molar refractivity (Wildman–Crippen MR) is 86.4 cm³/mol. The summed E-state index contributed by atoms with van der Waals surface area (Å²) < 4.78 is 19.5. The summed E-state index contributed by atoms with van der Waals surface area (Å²) in [4.78, 5) is 24.7. The van der Waals surface area contributed by atoms with Gasteiger partial charge in [-0.3, -0.25) is 14.5 Å². The maximum Gasteiger partial charge on any atom is 0.323 e. The number of aliphatic carboxylic acids is 1. The molecule has 1 N–H and O–H groups in total. The Bertz CT molecular complexity index is 845. The third-order valence-corrected chi connectivity index (χ3v) is 3.73. The second-order valence-corrected chi connectivity index (χ2v) is 5.41. The van der Waals surface area contributed by atoms with Crippen LogP contribution in [-0.4, -0.2) is 23.5 Å². The van der Waals surface area contributed by atoms with E-state index in [4.69, 9.17) is 21.4 Å². The number of para-hydroxylation sites is 2. The lowest BCUT2D eigenvalue weighted by molar-refractivity contribution is -0.136. The largest absolute Gasteiger partial charge is 0.480 e. The van der Waals surface area contributed by atoms with Gasteiger partial charge in [0.05, 0.1) is 10.7 Å². The molecular formula is C17H11ClFNO4. The maximum atomic E-state index is 13.9. The van der Waals surface area contributed by atoms with Gasteiger partial charge in [0.1, 0.15) is 12.4 Å². The Morgan fingerprint density at radius 3 is 2.71 bits per heavy atom. The van der Waals surface area contributed by atoms with Gasteiger partial charge in [0.2, 0.25) is 0 Å². The van der Waals surface area contributed by atoms with Crippen molar-refractivity contribution in [2.24, 2.45) is 0 Å². The fourth-order valence-electron chi connectivity index (χ4n) is 2.33. The van der Waals surface area contributed by atoms with Gasteiger partial charge in [-0.2, -0.15) is 0 Å². The van der Waals surface area contributed by atoms with E-state index in [1.807, 2.05) is 0 Å². The molecular weight excluding hydrogens is 337 g/mol. The van der Waals surface area contributed by atoms with Crippen molar-refractivity contribution in [2.75, 3.05) is 11.4 Å². The molecule has 1 amide bonds. The molecule has 0 aromatic heterocycles. The van der Waals surface area contributed by atoms with E-state index in [0.29, 0.717) is 11.4 Å². The van der Waals surface area contributed by atoms with Gasteiger partial charge < -0.3 is 9.84 Å². The highest BCUT2D eigenvalue weighted by Crippen LogP contribution is 2.36. The first-order valence-corrected chi connectivity index (χ1v) is 7.31. The summed E-state index contributed by atoms with van der Waals surface area (Å²) in [7, 11) is 0. The first-order chi connectivity index (χ1) is 11.5. The second kappa shape index (κ2) is 6.33. The second-order valence-electron chi connectivity index (χ2n) is 5.00. The van der Waals surface area contributed by atoms with Crippen LogP contribution in [0.15, 0.2) is 48.2 Å². The number of amides is 1. The number of carboxylic acid groups (broad SMARTS) is 1. The van der Waals surface area contributed by atoms with E-state index >= 15 is 0 Å². The summed E-state index contributed by atoms with van der Waals surface area (Å²) in [5.74, 6) is -2.38. The van der Waals surface area contributed by atoms with Gasteiger partial charge in [0, 0.05) is 5.56 Å². The number of carbonyl (C=O) groups is 2. The number of halogens is 2. The zero-order valence-corrected chi connectivity index (χ0v) is 13.0. The van der Waals surface area contributed by atoms with E-state index in [9.17, 15) is 14.0 Å². The number of benzene rings is 2. The van der Waals surface area contributed by atoms with Crippen LogP contribution < -0.4 is 9.64 Å². The molecule has 24 heavy (non-hydrogen) atoms. The van der Waals surface area contributed by atoms with Crippen LogP contribution >= 0.6 is 11.6 Å². The van der Waals surface area contributed by atoms with E-state index < -0.39 is 24.2 Å². The van der Waals surface area contributed by atoms with Crippen LogP contribution in [0.2, 0.25) is 5.02 Å². The molecule has 1 aliphatic rings. The van der Waals surface area contributed by atoms with Crippen LogP contribution in [-0.2, 0) is 9.59 Å². The predicted octanol–water partition coefficient (Wildman–Crippen LogP) is 3.33. The number of rotatable bonds is 3. The Morgan fingerprint density at radius 2 is 2.00 bits per heavy atom. The molecule has 2 aromatic carbocycles. The summed E-state index contributed by atoms with van der Waals surface area (Å²) in [5.41, 5.74) is 0.332. The molecule has 0 spiro atoms. The van der Waals surface area contributed by atoms with Crippen LogP contribution in [0.3, 0.4) is 0 Å². The summed E-state index contributed by atoms with van der Waals surface area (Å²) in [6.45, 7) is -0.540. The maximum absolute atomic E-state index is 13.9. The Hall–Kier alpha value is -2.86. The minimum Gasteiger partial charge on any atom is -0.480 e. The van der Waals surface area contributed by atoms with Crippen molar-refractivity contribution < 1.29 is 23.8 Å². The molecule has 0 saturated heterocycles. The number of carboxylic acids is 1. The SMILES string of the molecule is O=C(O)CN1C(=O)/C(=C\c2c(F)cccc2Cl)Oc2ccccc21. The Balaban J connectivity index is 2.09. The fraction of sp³-hybridized carbons (Fsp3) is 0.0588. The monoisotopic (exact) mass is 347 g/mol. The molecule has 0 unspecified atom stereocenters. The van der Waals surface area contributed by atoms with Crippen molar-refractivity contribution in [2.45, 2.75) is 0 Å². The number of ether oxygens (including phenoxy) is 1. The highest BCUT2D eigenvalue weighted by molar-refractivity contribution is 6.32. The summed E-state index contributed by atoms with van der Waals surface area (Å²) >= 11 is 5.96. The molecule has 1 aliphatic heterocycles. The summed E-state index contributed by atoms with van der Waals surface area (Å²) in [5, 5.41) is 9.15. The molecule has 1 heterocycles. The topological polar surface area (TPSA) is 66.8 Å². The summed E-state index contributed by atoms with van der Waals surface area (Å²) in [6, 6.07) is 10.6. The molecule has 5 nitrogen and oxygen atoms in total. The van der Waals surface area contributed by atoms with Crippen LogP contribution in [0.25, 0.3) is 6.08 Å². The molecule has 3 rings (SSSR count). The zero-order chi connectivity index (χ0) is 17.3. The molecule has 7 heteroatoms. The standard InChI is InChI=1S/C17H11ClFNO4/c18-11-4-3-5-12(19)10(11)8-15-17(23)20(9-16(21)22)13-6-1-2-7-14(13)24-15/h1-8H,9H2,(H,21,22)/b15-8+. The Labute approximate surface area is 141 Å². The molecule has 2 aromatic rings. The number of carbonyl (C=O) groups excluding carboxylic acids is 1. The molecule has 0 bridgehead atoms. The molecule has 0 saturated carbocycles. The molecule has 0 radical (unpaired) electrons. The van der Waals surface area contributed by atoms with Crippen molar-refractivity contribution in [3.05, 3.63) is 64.6 Å². The lowest BCUT2D eigenvalue weighted by Gasteiger charge is -2.29. The van der Waals surface area contributed by atoms with E-state index in [2.05, 4.69) is 0 Å². The third-order valence-electron chi connectivity index (χ3n) is 3.40. The number of hydrogen-bond acceptors (Lipinski definition) is 3. The number of fused-ring (bicyclic) bond motifs is 1. The van der Waals surface area contributed by atoms with Gasteiger partial charge >= 0.3 is 5.97 Å². The number of hydrogen-bond donors (Lipinski definition) is 1. The first-order valence-electron chi connectivity index (χ1n) is 6.93. The lowest BCUT2D eigenvalue weighted by Crippen LogP contribution is -2.40. The highest BCUT2D eigenvalue weighted by Gasteiger charge is 2.31. The van der Waals surface area contributed by atoms with Crippen LogP contribution in [0.4, 0.5) is 10.1 Å². The van der Waals surface area contributed by atoms with E-state index in [-0.39, 0.29) is 16.3 Å². The fourth-order valence-corrected chi connectivity index (χ4v) is 2.55. The van der Waals surface area contributed by atoms with Crippen molar-refractivity contribution in [1.29, 1.82) is 0 Å². The average molecular weight is 348 g/mol. The Morgan fingerprint density at radius 1 is 1.25 bits per heavy atom. The average Bonchev–Trinajstić information content (AvgIpc) is 2.54. The molecule has 122 valence electrons. The number of anilines is 1. The zero-order valence-electron chi connectivity index (χ0n) is 12.2. The Kier molecular flexibility index (Phi) is 4.22. The van der Waals surface area contributed by atoms with Gasteiger partial charge in [0.25, 0.3) is 5.91 Å². The van der Waals surface area contributed by atoms with E-state index in [0.717, 1.165) is 4.90 Å². The minimum absolute atomic E-state index is 0.00262. The highest BCUT2D eigenvalue weighted by atomic mass is 35.5. The third kappa shape index (κ3) is 2.96. The summed E-state index contributed by atoms with van der Waals surface area (Å²) in [6.07, 6.45) is 1.17. The van der Waals surface area contributed by atoms with Crippen molar-refractivity contribution >= 4 is 35.2 Å². The van der Waals surface area contributed by atoms with Gasteiger partial charge in [0.15, 0.2) is 11.5 Å². The van der Waals surface area contributed by atoms with Crippen LogP contribution in [0.5, 0.6) is 5.75 Å². The molecule has 0 atom stereocenters. The van der Waals surface area contributed by atoms with E-state index in [1.165, 1.54) is 24.3 Å². The van der Waals surface area contributed by atoms with Crippen molar-refractivity contribution in [3.8, 4) is 5.75 Å². The quantitative estimate of drug-likeness (QED) is 0.865. The smallest absolute Gasteiger partial charge is 0.323 e. The van der Waals surface area contributed by atoms with Crippen LogP contribution in [0.1, 0.15) is 5.56 Å². The number of nitrogens with zero attached hydrogens (tertiary/aromatic N) is 1. The van der Waals surface area contributed by atoms with E-state index in [1.54, 1.807) is 24.3 Å². The van der Waals surface area contributed by atoms with Gasteiger partial charge in [-0.25, -0.2) is 4.39 Å². The van der Waals surface area contributed by atoms with Crippen molar-refractivity contribution in [3.63, 3.8) is 0 Å². The van der Waals surface area contributed by atoms with Gasteiger partial charge in [-0.05, 0) is 30.3 Å².